The Labute approximate surface area is 141 Å². The first-order valence-electron chi connectivity index (χ1n) is 7.19. The van der Waals surface area contributed by atoms with Crippen molar-refractivity contribution in [3.05, 3.63) is 65.2 Å². The van der Waals surface area contributed by atoms with Crippen LogP contribution in [0.5, 0.6) is 0 Å². The van der Waals surface area contributed by atoms with Gasteiger partial charge in [-0.3, -0.25) is 0 Å². The monoisotopic (exact) mass is 352 g/mol. The van der Waals surface area contributed by atoms with Crippen LogP contribution in [0.3, 0.4) is 0 Å². The SMILES string of the molecule is COC(=O)c1cccc(NC(=O)NCc2ccc(C(F)(F)F)cc2)c1. The first-order valence-corrected chi connectivity index (χ1v) is 7.19. The highest BCUT2D eigenvalue weighted by atomic mass is 19.4. The van der Waals surface area contributed by atoms with Crippen LogP contribution >= 0.6 is 0 Å². The van der Waals surface area contributed by atoms with Gasteiger partial charge in [-0.15, -0.1) is 0 Å². The average molecular weight is 352 g/mol. The fourth-order valence-corrected chi connectivity index (χ4v) is 2.01. The van der Waals surface area contributed by atoms with Gasteiger partial charge >= 0.3 is 18.2 Å². The number of urea groups is 1. The number of nitrogens with one attached hydrogen (secondary N) is 2. The molecule has 25 heavy (non-hydrogen) atoms. The number of methoxy groups -OCH3 is 1. The number of benzene rings is 2. The second-order valence-corrected chi connectivity index (χ2v) is 5.07. The molecule has 0 radical (unpaired) electrons. The molecule has 0 saturated heterocycles. The highest BCUT2D eigenvalue weighted by Crippen LogP contribution is 2.29. The van der Waals surface area contributed by atoms with Crippen LogP contribution in [-0.4, -0.2) is 19.1 Å². The van der Waals surface area contributed by atoms with Crippen molar-refractivity contribution in [3.63, 3.8) is 0 Å². The fourth-order valence-electron chi connectivity index (χ4n) is 2.01. The van der Waals surface area contributed by atoms with Crippen LogP contribution in [0, 0.1) is 0 Å². The van der Waals surface area contributed by atoms with Gasteiger partial charge in [0.15, 0.2) is 0 Å². The molecule has 2 amide bonds. The molecular weight excluding hydrogens is 337 g/mol. The first-order chi connectivity index (χ1) is 11.8. The number of ether oxygens (including phenoxy) is 1. The third kappa shape index (κ3) is 5.23. The second-order valence-electron chi connectivity index (χ2n) is 5.07. The topological polar surface area (TPSA) is 67.4 Å². The smallest absolute Gasteiger partial charge is 0.416 e. The van der Waals surface area contributed by atoms with Gasteiger partial charge in [0, 0.05) is 12.2 Å². The van der Waals surface area contributed by atoms with E-state index in [2.05, 4.69) is 15.4 Å². The molecule has 0 unspecified atom stereocenters. The van der Waals surface area contributed by atoms with Gasteiger partial charge in [-0.1, -0.05) is 18.2 Å². The van der Waals surface area contributed by atoms with Crippen molar-refractivity contribution in [1.82, 2.24) is 5.32 Å². The average Bonchev–Trinajstić information content (AvgIpc) is 2.59. The van der Waals surface area contributed by atoms with Crippen LogP contribution in [0.25, 0.3) is 0 Å². The molecular formula is C17H15F3N2O3. The summed E-state index contributed by atoms with van der Waals surface area (Å²) in [6.45, 7) is 0.0562. The van der Waals surface area contributed by atoms with Gasteiger partial charge in [-0.25, -0.2) is 9.59 Å². The van der Waals surface area contributed by atoms with E-state index in [1.807, 2.05) is 0 Å². The summed E-state index contributed by atoms with van der Waals surface area (Å²) in [4.78, 5) is 23.3. The van der Waals surface area contributed by atoms with E-state index < -0.39 is 23.7 Å². The third-order valence-electron chi connectivity index (χ3n) is 3.28. The molecule has 0 heterocycles. The standard InChI is InChI=1S/C17H15F3N2O3/c1-25-15(23)12-3-2-4-14(9-12)22-16(24)21-10-11-5-7-13(8-6-11)17(18,19)20/h2-9H,10H2,1H3,(H2,21,22,24). The minimum Gasteiger partial charge on any atom is -0.465 e. The predicted octanol–water partition coefficient (Wildman–Crippen LogP) is 3.81. The summed E-state index contributed by atoms with van der Waals surface area (Å²) < 4.78 is 42.0. The lowest BCUT2D eigenvalue weighted by molar-refractivity contribution is -0.137. The second kappa shape index (κ2) is 7.69. The van der Waals surface area contributed by atoms with Crippen LogP contribution < -0.4 is 10.6 Å². The normalized spacial score (nSPS) is 10.9. The lowest BCUT2D eigenvalue weighted by atomic mass is 10.1. The Morgan fingerprint density at radius 1 is 1.08 bits per heavy atom. The summed E-state index contributed by atoms with van der Waals surface area (Å²) in [7, 11) is 1.25. The van der Waals surface area contributed by atoms with E-state index in [4.69, 9.17) is 0 Å². The van der Waals surface area contributed by atoms with Crippen molar-refractivity contribution in [2.24, 2.45) is 0 Å². The molecule has 5 nitrogen and oxygen atoms in total. The van der Waals surface area contributed by atoms with E-state index in [1.54, 1.807) is 12.1 Å². The van der Waals surface area contributed by atoms with E-state index >= 15 is 0 Å². The van der Waals surface area contributed by atoms with E-state index in [0.717, 1.165) is 12.1 Å². The first kappa shape index (κ1) is 18.3. The van der Waals surface area contributed by atoms with Gasteiger partial charge in [0.05, 0.1) is 18.2 Å². The molecule has 2 rings (SSSR count). The Balaban J connectivity index is 1.92. The molecule has 8 heteroatoms. The van der Waals surface area contributed by atoms with Crippen molar-refractivity contribution >= 4 is 17.7 Å². The number of carbonyl (C=O) groups excluding carboxylic acids is 2. The van der Waals surface area contributed by atoms with E-state index in [0.29, 0.717) is 11.3 Å². The summed E-state index contributed by atoms with van der Waals surface area (Å²) >= 11 is 0. The number of alkyl halides is 3. The number of rotatable bonds is 4. The van der Waals surface area contributed by atoms with E-state index in [-0.39, 0.29) is 12.1 Å². The van der Waals surface area contributed by atoms with Gasteiger partial charge in [-0.05, 0) is 35.9 Å². The molecule has 2 N–H and O–H groups in total. The van der Waals surface area contributed by atoms with Crippen LogP contribution in [0.2, 0.25) is 0 Å². The van der Waals surface area contributed by atoms with Crippen molar-refractivity contribution in [3.8, 4) is 0 Å². The third-order valence-corrected chi connectivity index (χ3v) is 3.28. The van der Waals surface area contributed by atoms with Crippen LogP contribution in [0.4, 0.5) is 23.7 Å². The zero-order chi connectivity index (χ0) is 18.4. The van der Waals surface area contributed by atoms with E-state index in [1.165, 1.54) is 31.4 Å². The maximum absolute atomic E-state index is 12.5. The largest absolute Gasteiger partial charge is 0.465 e. The number of hydrogen-bond donors (Lipinski definition) is 2. The molecule has 0 spiro atoms. The van der Waals surface area contributed by atoms with Crippen molar-refractivity contribution in [2.75, 3.05) is 12.4 Å². The number of esters is 1. The Kier molecular flexibility index (Phi) is 5.63. The van der Waals surface area contributed by atoms with Gasteiger partial charge in [0.2, 0.25) is 0 Å². The molecule has 2 aromatic carbocycles. The maximum atomic E-state index is 12.5. The highest BCUT2D eigenvalue weighted by molar-refractivity contribution is 5.93. The fraction of sp³-hybridized carbons (Fsp3) is 0.176. The van der Waals surface area contributed by atoms with Crippen molar-refractivity contribution in [1.29, 1.82) is 0 Å². The van der Waals surface area contributed by atoms with Gasteiger partial charge in [0.25, 0.3) is 0 Å². The van der Waals surface area contributed by atoms with Crippen molar-refractivity contribution < 1.29 is 27.5 Å². The summed E-state index contributed by atoms with van der Waals surface area (Å²) in [5.41, 5.74) is 0.433. The Bertz CT molecular complexity index is 758. The molecule has 0 aliphatic carbocycles. The number of anilines is 1. The maximum Gasteiger partial charge on any atom is 0.416 e. The van der Waals surface area contributed by atoms with Gasteiger partial charge < -0.3 is 15.4 Å². The number of amides is 2. The Morgan fingerprint density at radius 2 is 1.76 bits per heavy atom. The zero-order valence-electron chi connectivity index (χ0n) is 13.2. The van der Waals surface area contributed by atoms with Gasteiger partial charge in [-0.2, -0.15) is 13.2 Å². The molecule has 132 valence electrons. The predicted molar refractivity (Wildman–Crippen MR) is 85.1 cm³/mol. The van der Waals surface area contributed by atoms with Crippen LogP contribution in [0.1, 0.15) is 21.5 Å². The molecule has 0 saturated carbocycles. The molecule has 0 aliphatic rings. The summed E-state index contributed by atoms with van der Waals surface area (Å²) in [6, 6.07) is 10.1. The number of hydrogen-bond acceptors (Lipinski definition) is 3. The molecule has 0 bridgehead atoms. The summed E-state index contributed by atoms with van der Waals surface area (Å²) in [5, 5.41) is 5.05. The molecule has 0 aromatic heterocycles. The summed E-state index contributed by atoms with van der Waals surface area (Å²) in [6.07, 6.45) is -4.39. The minimum absolute atomic E-state index is 0.0562. The highest BCUT2D eigenvalue weighted by Gasteiger charge is 2.29. The zero-order valence-corrected chi connectivity index (χ0v) is 13.2. The Hall–Kier alpha value is -3.03. The van der Waals surface area contributed by atoms with Crippen LogP contribution in [-0.2, 0) is 17.5 Å². The lowest BCUT2D eigenvalue weighted by Gasteiger charge is -2.10. The molecule has 0 fully saturated rings. The van der Waals surface area contributed by atoms with Crippen LogP contribution in [0.15, 0.2) is 48.5 Å². The molecule has 2 aromatic rings. The molecule has 0 atom stereocenters. The summed E-state index contributed by atoms with van der Waals surface area (Å²) in [5.74, 6) is -0.534. The molecule has 0 aliphatic heterocycles. The number of carbonyl (C=O) groups is 2. The minimum atomic E-state index is -4.39. The Morgan fingerprint density at radius 3 is 2.36 bits per heavy atom. The van der Waals surface area contributed by atoms with Gasteiger partial charge in [0.1, 0.15) is 0 Å². The number of halogens is 3. The quantitative estimate of drug-likeness (QED) is 0.822. The lowest BCUT2D eigenvalue weighted by Crippen LogP contribution is -2.28. The van der Waals surface area contributed by atoms with E-state index in [9.17, 15) is 22.8 Å². The van der Waals surface area contributed by atoms with Crippen molar-refractivity contribution in [2.45, 2.75) is 12.7 Å².